The normalized spacial score (nSPS) is 20.3. The lowest BCUT2D eigenvalue weighted by atomic mass is 10.0. The zero-order chi connectivity index (χ0) is 17.1. The molecule has 6 nitrogen and oxygen atoms in total. The van der Waals surface area contributed by atoms with Crippen molar-refractivity contribution in [3.05, 3.63) is 46.0 Å². The highest BCUT2D eigenvalue weighted by Gasteiger charge is 2.32. The highest BCUT2D eigenvalue weighted by Crippen LogP contribution is 2.32. The Hall–Kier alpha value is -1.92. The number of rotatable bonds is 5. The van der Waals surface area contributed by atoms with Crippen molar-refractivity contribution in [2.45, 2.75) is 32.8 Å². The third-order valence-electron chi connectivity index (χ3n) is 4.27. The summed E-state index contributed by atoms with van der Waals surface area (Å²) in [6.07, 6.45) is 0.986. The summed E-state index contributed by atoms with van der Waals surface area (Å²) in [5, 5.41) is 10.6. The first-order valence-electron chi connectivity index (χ1n) is 8.06. The van der Waals surface area contributed by atoms with Crippen LogP contribution in [0.1, 0.15) is 35.3 Å². The smallest absolute Gasteiger partial charge is 0.224 e. The fraction of sp³-hybridized carbons (Fsp3) is 0.471. The second kappa shape index (κ2) is 7.32. The molecule has 1 amide bonds. The maximum Gasteiger partial charge on any atom is 0.224 e. The summed E-state index contributed by atoms with van der Waals surface area (Å²) in [5.74, 6) is 1.56. The molecule has 0 radical (unpaired) electrons. The molecule has 128 valence electrons. The van der Waals surface area contributed by atoms with Crippen molar-refractivity contribution >= 4 is 17.5 Å². The number of carbonyl (C=O) groups excluding carboxylic acids is 1. The van der Waals surface area contributed by atoms with Gasteiger partial charge in [-0.05, 0) is 31.4 Å². The molecule has 1 fully saturated rings. The van der Waals surface area contributed by atoms with Gasteiger partial charge in [0.2, 0.25) is 5.91 Å². The van der Waals surface area contributed by atoms with Gasteiger partial charge in [-0.3, -0.25) is 9.89 Å². The minimum Gasteiger partial charge on any atom is -0.370 e. The summed E-state index contributed by atoms with van der Waals surface area (Å²) in [6, 6.07) is 5.73. The van der Waals surface area contributed by atoms with E-state index in [2.05, 4.69) is 20.5 Å². The summed E-state index contributed by atoms with van der Waals surface area (Å²) in [7, 11) is 0. The molecule has 2 N–H and O–H groups in total. The van der Waals surface area contributed by atoms with Crippen LogP contribution < -0.4 is 5.32 Å². The Morgan fingerprint density at radius 3 is 3.04 bits per heavy atom. The second-order valence-electron chi connectivity index (χ2n) is 6.15. The summed E-state index contributed by atoms with van der Waals surface area (Å²) in [5.41, 5.74) is 1.82. The van der Waals surface area contributed by atoms with E-state index in [-0.39, 0.29) is 24.3 Å². The van der Waals surface area contributed by atoms with Crippen molar-refractivity contribution in [2.75, 3.05) is 13.2 Å². The Morgan fingerprint density at radius 1 is 1.46 bits per heavy atom. The fourth-order valence-corrected chi connectivity index (χ4v) is 3.13. The van der Waals surface area contributed by atoms with E-state index in [4.69, 9.17) is 16.3 Å². The van der Waals surface area contributed by atoms with E-state index in [1.807, 2.05) is 32.0 Å². The maximum atomic E-state index is 12.2. The van der Waals surface area contributed by atoms with Crippen molar-refractivity contribution < 1.29 is 9.53 Å². The van der Waals surface area contributed by atoms with Crippen molar-refractivity contribution in [1.29, 1.82) is 0 Å². The number of nitrogens with one attached hydrogen (secondary N) is 2. The third kappa shape index (κ3) is 3.76. The molecule has 7 heteroatoms. The number of H-pyrrole nitrogens is 1. The van der Waals surface area contributed by atoms with E-state index in [9.17, 15) is 4.79 Å². The number of halogens is 1. The molecule has 24 heavy (non-hydrogen) atoms. The van der Waals surface area contributed by atoms with E-state index in [1.54, 1.807) is 0 Å². The SMILES string of the molecule is Cc1nc([C@H]2OCC[C@H]2CNC(=O)Cc2cccc(C)c2Cl)n[nH]1. The lowest BCUT2D eigenvalue weighted by Gasteiger charge is -2.16. The molecular weight excluding hydrogens is 328 g/mol. The average molecular weight is 349 g/mol. The minimum atomic E-state index is -0.169. The molecule has 1 aromatic heterocycles. The van der Waals surface area contributed by atoms with Crippen molar-refractivity contribution in [1.82, 2.24) is 20.5 Å². The van der Waals surface area contributed by atoms with Gasteiger partial charge >= 0.3 is 0 Å². The van der Waals surface area contributed by atoms with Crippen LogP contribution in [0.4, 0.5) is 0 Å². The summed E-state index contributed by atoms with van der Waals surface area (Å²) in [4.78, 5) is 16.6. The van der Waals surface area contributed by atoms with Gasteiger partial charge < -0.3 is 10.1 Å². The lowest BCUT2D eigenvalue weighted by Crippen LogP contribution is -2.32. The molecule has 1 aliphatic rings. The van der Waals surface area contributed by atoms with Gasteiger partial charge in [0.25, 0.3) is 0 Å². The molecule has 1 aromatic carbocycles. The molecule has 0 unspecified atom stereocenters. The maximum absolute atomic E-state index is 12.2. The Labute approximate surface area is 146 Å². The van der Waals surface area contributed by atoms with Crippen molar-refractivity contribution in [3.8, 4) is 0 Å². The Kier molecular flexibility index (Phi) is 5.16. The highest BCUT2D eigenvalue weighted by molar-refractivity contribution is 6.32. The van der Waals surface area contributed by atoms with E-state index >= 15 is 0 Å². The third-order valence-corrected chi connectivity index (χ3v) is 4.81. The first-order chi connectivity index (χ1) is 11.5. The molecule has 0 aliphatic carbocycles. The van der Waals surface area contributed by atoms with E-state index < -0.39 is 0 Å². The number of aromatic nitrogens is 3. The van der Waals surface area contributed by atoms with Gasteiger partial charge in [0, 0.05) is 24.1 Å². The van der Waals surface area contributed by atoms with Crippen LogP contribution in [0.25, 0.3) is 0 Å². The number of hydrogen-bond acceptors (Lipinski definition) is 4. The Balaban J connectivity index is 1.56. The number of nitrogens with zero attached hydrogens (tertiary/aromatic N) is 2. The number of benzene rings is 1. The number of aryl methyl sites for hydroxylation is 2. The van der Waals surface area contributed by atoms with Gasteiger partial charge in [0.1, 0.15) is 11.9 Å². The van der Waals surface area contributed by atoms with Crippen LogP contribution in [0.2, 0.25) is 5.02 Å². The minimum absolute atomic E-state index is 0.0423. The number of amides is 1. The molecule has 0 saturated carbocycles. The largest absolute Gasteiger partial charge is 0.370 e. The topological polar surface area (TPSA) is 79.9 Å². The zero-order valence-corrected chi connectivity index (χ0v) is 14.6. The monoisotopic (exact) mass is 348 g/mol. The molecule has 2 atom stereocenters. The molecule has 2 heterocycles. The molecule has 1 saturated heterocycles. The highest BCUT2D eigenvalue weighted by atomic mass is 35.5. The molecule has 3 rings (SSSR count). The lowest BCUT2D eigenvalue weighted by molar-refractivity contribution is -0.120. The summed E-state index contributed by atoms with van der Waals surface area (Å²) in [6.45, 7) is 4.99. The fourth-order valence-electron chi connectivity index (χ4n) is 2.94. The molecule has 0 spiro atoms. The standard InChI is InChI=1S/C17H21ClN4O2/c1-10-4-3-5-12(15(10)18)8-14(23)19-9-13-6-7-24-16(13)17-20-11(2)21-22-17/h3-5,13,16H,6-9H2,1-2H3,(H,19,23)(H,20,21,22)/t13-,16-/m0/s1. The van der Waals surface area contributed by atoms with Crippen LogP contribution in [0, 0.1) is 19.8 Å². The predicted octanol–water partition coefficient (Wildman–Crippen LogP) is 2.51. The molecule has 1 aliphatic heterocycles. The molecular formula is C17H21ClN4O2. The number of aromatic amines is 1. The molecule has 0 bridgehead atoms. The van der Waals surface area contributed by atoms with Crippen LogP contribution in [-0.2, 0) is 16.0 Å². The first-order valence-corrected chi connectivity index (χ1v) is 8.43. The van der Waals surface area contributed by atoms with E-state index in [0.29, 0.717) is 24.0 Å². The van der Waals surface area contributed by atoms with E-state index in [0.717, 1.165) is 23.4 Å². The quantitative estimate of drug-likeness (QED) is 0.870. The predicted molar refractivity (Wildman–Crippen MR) is 90.8 cm³/mol. The molecule has 2 aromatic rings. The second-order valence-corrected chi connectivity index (χ2v) is 6.53. The van der Waals surface area contributed by atoms with Gasteiger partial charge in [0.05, 0.1) is 6.42 Å². The van der Waals surface area contributed by atoms with Gasteiger partial charge in [-0.2, -0.15) is 5.10 Å². The Bertz CT molecular complexity index is 731. The van der Waals surface area contributed by atoms with Crippen molar-refractivity contribution in [3.63, 3.8) is 0 Å². The average Bonchev–Trinajstić information content (AvgIpc) is 3.18. The van der Waals surface area contributed by atoms with Crippen LogP contribution in [0.3, 0.4) is 0 Å². The van der Waals surface area contributed by atoms with Gasteiger partial charge in [-0.15, -0.1) is 0 Å². The number of carbonyl (C=O) groups is 1. The van der Waals surface area contributed by atoms with Crippen LogP contribution in [0.15, 0.2) is 18.2 Å². The summed E-state index contributed by atoms with van der Waals surface area (Å²) >= 11 is 6.25. The van der Waals surface area contributed by atoms with Gasteiger partial charge in [-0.25, -0.2) is 4.98 Å². The van der Waals surface area contributed by atoms with Gasteiger partial charge in [0.15, 0.2) is 5.82 Å². The Morgan fingerprint density at radius 2 is 2.29 bits per heavy atom. The number of ether oxygens (including phenoxy) is 1. The first kappa shape index (κ1) is 16.9. The zero-order valence-electron chi connectivity index (χ0n) is 13.8. The van der Waals surface area contributed by atoms with Crippen molar-refractivity contribution in [2.24, 2.45) is 5.92 Å². The van der Waals surface area contributed by atoms with Crippen LogP contribution in [-0.4, -0.2) is 34.2 Å². The summed E-state index contributed by atoms with van der Waals surface area (Å²) < 4.78 is 5.73. The van der Waals surface area contributed by atoms with E-state index in [1.165, 1.54) is 0 Å². The van der Waals surface area contributed by atoms with Crippen LogP contribution >= 0.6 is 11.6 Å². The van der Waals surface area contributed by atoms with Gasteiger partial charge in [-0.1, -0.05) is 29.8 Å². The van der Waals surface area contributed by atoms with Crippen LogP contribution in [0.5, 0.6) is 0 Å². The number of hydrogen-bond donors (Lipinski definition) is 2.